The van der Waals surface area contributed by atoms with Gasteiger partial charge in [-0.3, -0.25) is 0 Å². The molecule has 108 valence electrons. The maximum absolute atomic E-state index is 13.3. The molecule has 20 heavy (non-hydrogen) atoms. The number of ether oxygens (including phenoxy) is 2. The van der Waals surface area contributed by atoms with Gasteiger partial charge < -0.3 is 9.47 Å². The highest BCUT2D eigenvalue weighted by Crippen LogP contribution is 2.23. The molecule has 2 unspecified atom stereocenters. The third kappa shape index (κ3) is 4.40. The molecular formula is C16H18ClFO2. The summed E-state index contributed by atoms with van der Waals surface area (Å²) in [7, 11) is 0. The quantitative estimate of drug-likeness (QED) is 0.622. The van der Waals surface area contributed by atoms with Crippen LogP contribution in [0.15, 0.2) is 18.2 Å². The first-order chi connectivity index (χ1) is 9.69. The highest BCUT2D eigenvalue weighted by molar-refractivity contribution is 6.18. The first-order valence-corrected chi connectivity index (χ1v) is 7.35. The van der Waals surface area contributed by atoms with E-state index in [-0.39, 0.29) is 18.0 Å². The van der Waals surface area contributed by atoms with Crippen LogP contribution >= 0.6 is 11.6 Å². The Morgan fingerprint density at radius 2 is 2.30 bits per heavy atom. The van der Waals surface area contributed by atoms with E-state index in [9.17, 15) is 4.39 Å². The Labute approximate surface area is 124 Å². The van der Waals surface area contributed by atoms with Gasteiger partial charge in [0.25, 0.3) is 0 Å². The molecule has 2 atom stereocenters. The van der Waals surface area contributed by atoms with Gasteiger partial charge in [-0.15, -0.1) is 11.6 Å². The van der Waals surface area contributed by atoms with Gasteiger partial charge in [-0.1, -0.05) is 11.8 Å². The van der Waals surface area contributed by atoms with Crippen molar-refractivity contribution in [2.45, 2.75) is 38.4 Å². The molecule has 0 aromatic heterocycles. The molecule has 0 bridgehead atoms. The van der Waals surface area contributed by atoms with E-state index < -0.39 is 0 Å². The molecule has 4 heteroatoms. The lowest BCUT2D eigenvalue weighted by molar-refractivity contribution is 0.0263. The Bertz CT molecular complexity index is 507. The summed E-state index contributed by atoms with van der Waals surface area (Å²) in [5.41, 5.74) is 0.683. The summed E-state index contributed by atoms with van der Waals surface area (Å²) in [5.74, 6) is 6.51. The summed E-state index contributed by atoms with van der Waals surface area (Å²) in [6, 6.07) is 4.37. The maximum atomic E-state index is 13.3. The highest BCUT2D eigenvalue weighted by atomic mass is 35.5. The van der Waals surface area contributed by atoms with E-state index in [0.717, 1.165) is 12.8 Å². The zero-order valence-corrected chi connectivity index (χ0v) is 12.3. The van der Waals surface area contributed by atoms with Crippen molar-refractivity contribution in [3.05, 3.63) is 29.6 Å². The SMILES string of the molecule is CC1CCC(COc2cc(F)ccc2C#CCCCl)O1. The van der Waals surface area contributed by atoms with Gasteiger partial charge in [-0.05, 0) is 31.9 Å². The zero-order valence-electron chi connectivity index (χ0n) is 11.5. The van der Waals surface area contributed by atoms with Crippen molar-refractivity contribution >= 4 is 11.6 Å². The summed E-state index contributed by atoms with van der Waals surface area (Å²) in [5, 5.41) is 0. The Kier molecular flexibility index (Phi) is 5.70. The molecule has 1 aliphatic heterocycles. The molecule has 0 spiro atoms. The molecule has 1 heterocycles. The van der Waals surface area contributed by atoms with Crippen LogP contribution in [0.3, 0.4) is 0 Å². The Balaban J connectivity index is 2.02. The predicted octanol–water partition coefficient (Wildman–Crippen LogP) is 3.75. The summed E-state index contributed by atoms with van der Waals surface area (Å²) < 4.78 is 24.7. The van der Waals surface area contributed by atoms with E-state index in [1.165, 1.54) is 12.1 Å². The molecule has 1 fully saturated rings. The zero-order chi connectivity index (χ0) is 14.4. The van der Waals surface area contributed by atoms with Crippen LogP contribution in [0, 0.1) is 17.7 Å². The van der Waals surface area contributed by atoms with Crippen molar-refractivity contribution in [3.63, 3.8) is 0 Å². The molecular weight excluding hydrogens is 279 g/mol. The van der Waals surface area contributed by atoms with Crippen LogP contribution in [0.2, 0.25) is 0 Å². The average Bonchev–Trinajstić information content (AvgIpc) is 2.84. The average molecular weight is 297 g/mol. The van der Waals surface area contributed by atoms with E-state index in [2.05, 4.69) is 11.8 Å². The van der Waals surface area contributed by atoms with E-state index in [1.54, 1.807) is 6.07 Å². The lowest BCUT2D eigenvalue weighted by Crippen LogP contribution is -2.18. The second-order valence-corrected chi connectivity index (χ2v) is 5.22. The minimum atomic E-state index is -0.330. The molecule has 0 aliphatic carbocycles. The van der Waals surface area contributed by atoms with Gasteiger partial charge in [-0.2, -0.15) is 0 Å². The van der Waals surface area contributed by atoms with Crippen molar-refractivity contribution < 1.29 is 13.9 Å². The maximum Gasteiger partial charge on any atom is 0.137 e. The van der Waals surface area contributed by atoms with E-state index in [4.69, 9.17) is 21.1 Å². The molecule has 1 saturated heterocycles. The molecule has 2 nitrogen and oxygen atoms in total. The predicted molar refractivity (Wildman–Crippen MR) is 77.7 cm³/mol. The van der Waals surface area contributed by atoms with Crippen molar-refractivity contribution in [3.8, 4) is 17.6 Å². The topological polar surface area (TPSA) is 18.5 Å². The summed E-state index contributed by atoms with van der Waals surface area (Å²) in [6.45, 7) is 2.48. The number of halogens is 2. The van der Waals surface area contributed by atoms with Gasteiger partial charge in [0.05, 0.1) is 17.8 Å². The molecule has 0 N–H and O–H groups in total. The van der Waals surface area contributed by atoms with Gasteiger partial charge in [0.1, 0.15) is 18.2 Å². The van der Waals surface area contributed by atoms with Crippen molar-refractivity contribution in [2.24, 2.45) is 0 Å². The Hall–Kier alpha value is -1.24. The highest BCUT2D eigenvalue weighted by Gasteiger charge is 2.22. The fraction of sp³-hybridized carbons (Fsp3) is 0.500. The number of hydrogen-bond acceptors (Lipinski definition) is 2. The number of rotatable bonds is 4. The van der Waals surface area contributed by atoms with Crippen molar-refractivity contribution in [1.29, 1.82) is 0 Å². The fourth-order valence-electron chi connectivity index (χ4n) is 2.11. The van der Waals surface area contributed by atoms with E-state index in [1.807, 2.05) is 6.92 Å². The second-order valence-electron chi connectivity index (χ2n) is 4.84. The van der Waals surface area contributed by atoms with E-state index >= 15 is 0 Å². The molecule has 0 amide bonds. The van der Waals surface area contributed by atoms with Crippen molar-refractivity contribution in [2.75, 3.05) is 12.5 Å². The minimum absolute atomic E-state index is 0.0805. The number of alkyl halides is 1. The standard InChI is InChI=1S/C16H18ClFO2/c1-12-5-8-15(20-12)11-19-16-10-14(18)7-6-13(16)4-2-3-9-17/h6-7,10,12,15H,3,5,8-9,11H2,1H3. The minimum Gasteiger partial charge on any atom is -0.489 e. The molecule has 1 aromatic rings. The summed E-state index contributed by atoms with van der Waals surface area (Å²) in [6.07, 6.45) is 2.97. The van der Waals surface area contributed by atoms with Gasteiger partial charge in [0.15, 0.2) is 0 Å². The molecule has 1 aliphatic rings. The van der Waals surface area contributed by atoms with Gasteiger partial charge in [0, 0.05) is 18.4 Å². The molecule has 2 rings (SSSR count). The third-order valence-electron chi connectivity index (χ3n) is 3.13. The summed E-state index contributed by atoms with van der Waals surface area (Å²) >= 11 is 5.58. The lowest BCUT2D eigenvalue weighted by atomic mass is 10.2. The van der Waals surface area contributed by atoms with Crippen LogP contribution < -0.4 is 4.74 Å². The normalized spacial score (nSPS) is 21.4. The largest absolute Gasteiger partial charge is 0.489 e. The van der Waals surface area contributed by atoms with Crippen LogP contribution in [0.25, 0.3) is 0 Å². The van der Waals surface area contributed by atoms with Gasteiger partial charge >= 0.3 is 0 Å². The van der Waals surface area contributed by atoms with Crippen LogP contribution in [-0.4, -0.2) is 24.7 Å². The van der Waals surface area contributed by atoms with Crippen LogP contribution in [0.5, 0.6) is 5.75 Å². The number of benzene rings is 1. The van der Waals surface area contributed by atoms with Crippen LogP contribution in [-0.2, 0) is 4.74 Å². The number of hydrogen-bond donors (Lipinski definition) is 0. The first-order valence-electron chi connectivity index (χ1n) is 6.81. The first kappa shape index (κ1) is 15.2. The van der Waals surface area contributed by atoms with Gasteiger partial charge in [-0.25, -0.2) is 4.39 Å². The van der Waals surface area contributed by atoms with Gasteiger partial charge in [0.2, 0.25) is 0 Å². The van der Waals surface area contributed by atoms with Crippen LogP contribution in [0.1, 0.15) is 31.7 Å². The third-order valence-corrected chi connectivity index (χ3v) is 3.32. The van der Waals surface area contributed by atoms with E-state index in [0.29, 0.717) is 30.2 Å². The van der Waals surface area contributed by atoms with Crippen LogP contribution in [0.4, 0.5) is 4.39 Å². The fourth-order valence-corrected chi connectivity index (χ4v) is 2.21. The Morgan fingerprint density at radius 1 is 1.45 bits per heavy atom. The summed E-state index contributed by atoms with van der Waals surface area (Å²) in [4.78, 5) is 0. The Morgan fingerprint density at radius 3 is 3.00 bits per heavy atom. The monoisotopic (exact) mass is 296 g/mol. The van der Waals surface area contributed by atoms with Crippen molar-refractivity contribution in [1.82, 2.24) is 0 Å². The molecule has 0 radical (unpaired) electrons. The second kappa shape index (κ2) is 7.52. The molecule has 0 saturated carbocycles. The molecule has 1 aromatic carbocycles. The lowest BCUT2D eigenvalue weighted by Gasteiger charge is -2.13. The smallest absolute Gasteiger partial charge is 0.137 e.